The molecule has 3 fully saturated rings. The molecular weight excluding hydrogens is 232 g/mol. The molecule has 0 bridgehead atoms. The zero-order valence-corrected chi connectivity index (χ0v) is 10.1. The number of rotatable bonds is 0. The zero-order chi connectivity index (χ0) is 10.3. The van der Waals surface area contributed by atoms with E-state index in [2.05, 4.69) is 0 Å². The molecule has 0 aliphatic carbocycles. The van der Waals surface area contributed by atoms with E-state index in [9.17, 15) is 4.79 Å². The van der Waals surface area contributed by atoms with Gasteiger partial charge in [-0.15, -0.1) is 11.8 Å². The molecule has 0 radical (unpaired) electrons. The molecule has 1 spiro atoms. The van der Waals surface area contributed by atoms with Gasteiger partial charge in [-0.3, -0.25) is 4.79 Å². The highest BCUT2D eigenvalue weighted by molar-refractivity contribution is 8.04. The summed E-state index contributed by atoms with van der Waals surface area (Å²) in [5, 5.41) is 0.329. The van der Waals surface area contributed by atoms with Crippen LogP contribution >= 0.6 is 23.5 Å². The number of thioether (sulfide) groups is 2. The molecule has 0 amide bonds. The minimum Gasteiger partial charge on any atom is -0.346 e. The fourth-order valence-electron chi connectivity index (χ4n) is 2.47. The summed E-state index contributed by atoms with van der Waals surface area (Å²) in [6.07, 6.45) is 1.65. The molecule has 15 heavy (non-hydrogen) atoms. The quantitative estimate of drug-likeness (QED) is 0.644. The molecule has 3 aliphatic rings. The zero-order valence-electron chi connectivity index (χ0n) is 8.44. The van der Waals surface area contributed by atoms with E-state index in [1.54, 1.807) is 11.8 Å². The first kappa shape index (κ1) is 10.4. The number of ketones is 1. The SMILES string of the molecule is O=C1CCSC2C1SCCC21OCCO1. The van der Waals surface area contributed by atoms with Crippen LogP contribution in [0.25, 0.3) is 0 Å². The third-order valence-electron chi connectivity index (χ3n) is 3.20. The molecule has 2 unspecified atom stereocenters. The fraction of sp³-hybridized carbons (Fsp3) is 0.900. The Morgan fingerprint density at radius 3 is 2.80 bits per heavy atom. The Morgan fingerprint density at radius 2 is 2.00 bits per heavy atom. The molecular formula is C10H14O3S2. The molecule has 0 saturated carbocycles. The standard InChI is InChI=1S/C10H14O3S2/c11-7-1-5-15-9-8(7)14-6-2-10(9)12-3-4-13-10/h8-9H,1-6H2. The van der Waals surface area contributed by atoms with Gasteiger partial charge in [0.05, 0.1) is 23.7 Å². The average Bonchev–Trinajstić information content (AvgIpc) is 2.70. The van der Waals surface area contributed by atoms with E-state index in [0.717, 1.165) is 24.3 Å². The van der Waals surface area contributed by atoms with Crippen molar-refractivity contribution in [2.45, 2.75) is 29.1 Å². The van der Waals surface area contributed by atoms with E-state index in [0.29, 0.717) is 19.0 Å². The van der Waals surface area contributed by atoms with E-state index in [1.165, 1.54) is 0 Å². The first-order valence-electron chi connectivity index (χ1n) is 5.36. The third-order valence-corrected chi connectivity index (χ3v) is 6.13. The number of carbonyl (C=O) groups is 1. The van der Waals surface area contributed by atoms with Gasteiger partial charge in [-0.2, -0.15) is 11.8 Å². The minimum atomic E-state index is -0.434. The summed E-state index contributed by atoms with van der Waals surface area (Å²) < 4.78 is 11.6. The Kier molecular flexibility index (Phi) is 2.75. The second-order valence-corrected chi connectivity index (χ2v) is 6.56. The van der Waals surface area contributed by atoms with Crippen LogP contribution < -0.4 is 0 Å². The summed E-state index contributed by atoms with van der Waals surface area (Å²) in [5.41, 5.74) is 0. The Balaban J connectivity index is 1.87. The van der Waals surface area contributed by atoms with Crippen molar-refractivity contribution in [2.24, 2.45) is 0 Å². The summed E-state index contributed by atoms with van der Waals surface area (Å²) >= 11 is 3.64. The van der Waals surface area contributed by atoms with Crippen LogP contribution in [0.4, 0.5) is 0 Å². The molecule has 0 aromatic rings. The highest BCUT2D eigenvalue weighted by atomic mass is 32.2. The Morgan fingerprint density at radius 1 is 1.20 bits per heavy atom. The van der Waals surface area contributed by atoms with Crippen LogP contribution in [0, 0.1) is 0 Å². The molecule has 3 heterocycles. The lowest BCUT2D eigenvalue weighted by atomic mass is 10.0. The maximum atomic E-state index is 11.8. The highest BCUT2D eigenvalue weighted by Gasteiger charge is 2.53. The molecule has 5 heteroatoms. The third kappa shape index (κ3) is 1.64. The number of hydrogen-bond acceptors (Lipinski definition) is 5. The molecule has 2 atom stereocenters. The first-order valence-corrected chi connectivity index (χ1v) is 7.45. The first-order chi connectivity index (χ1) is 7.32. The number of ether oxygens (including phenoxy) is 2. The lowest BCUT2D eigenvalue weighted by molar-refractivity contribution is -0.162. The molecule has 3 nitrogen and oxygen atoms in total. The van der Waals surface area contributed by atoms with Crippen molar-refractivity contribution in [1.82, 2.24) is 0 Å². The van der Waals surface area contributed by atoms with Crippen LogP contribution in [0.1, 0.15) is 12.8 Å². The van der Waals surface area contributed by atoms with Crippen molar-refractivity contribution >= 4 is 29.3 Å². The lowest BCUT2D eigenvalue weighted by Crippen LogP contribution is -2.54. The van der Waals surface area contributed by atoms with Gasteiger partial charge in [-0.05, 0) is 5.75 Å². The Bertz CT molecular complexity index is 276. The highest BCUT2D eigenvalue weighted by Crippen LogP contribution is 2.47. The second-order valence-electron chi connectivity index (χ2n) is 4.06. The maximum absolute atomic E-state index is 11.8. The summed E-state index contributed by atoms with van der Waals surface area (Å²) in [5.74, 6) is 1.86. The van der Waals surface area contributed by atoms with Crippen molar-refractivity contribution in [3.63, 3.8) is 0 Å². The van der Waals surface area contributed by atoms with E-state index >= 15 is 0 Å². The Labute approximate surface area is 97.6 Å². The normalized spacial score (nSPS) is 39.3. The predicted octanol–water partition coefficient (Wildman–Crippen LogP) is 1.31. The second kappa shape index (κ2) is 3.95. The van der Waals surface area contributed by atoms with Gasteiger partial charge in [0.15, 0.2) is 5.79 Å². The van der Waals surface area contributed by atoms with Crippen molar-refractivity contribution in [3.8, 4) is 0 Å². The summed E-state index contributed by atoms with van der Waals surface area (Å²) in [7, 11) is 0. The molecule has 3 rings (SSSR count). The van der Waals surface area contributed by atoms with Crippen LogP contribution in [0.15, 0.2) is 0 Å². The van der Waals surface area contributed by atoms with Crippen molar-refractivity contribution in [3.05, 3.63) is 0 Å². The van der Waals surface area contributed by atoms with Crippen molar-refractivity contribution in [1.29, 1.82) is 0 Å². The van der Waals surface area contributed by atoms with Gasteiger partial charge in [-0.1, -0.05) is 0 Å². The van der Waals surface area contributed by atoms with Gasteiger partial charge in [-0.25, -0.2) is 0 Å². The molecule has 84 valence electrons. The summed E-state index contributed by atoms with van der Waals surface area (Å²) in [6, 6.07) is 0. The van der Waals surface area contributed by atoms with Gasteiger partial charge >= 0.3 is 0 Å². The van der Waals surface area contributed by atoms with E-state index in [4.69, 9.17) is 9.47 Å². The minimum absolute atomic E-state index is 0.107. The van der Waals surface area contributed by atoms with Gasteiger partial charge < -0.3 is 9.47 Å². The fourth-order valence-corrected chi connectivity index (χ4v) is 5.69. The van der Waals surface area contributed by atoms with Crippen LogP contribution in [-0.2, 0) is 14.3 Å². The number of hydrogen-bond donors (Lipinski definition) is 0. The Hall–Kier alpha value is 0.290. The lowest BCUT2D eigenvalue weighted by Gasteiger charge is -2.44. The van der Waals surface area contributed by atoms with Crippen LogP contribution in [0.3, 0.4) is 0 Å². The molecule has 0 aromatic heterocycles. The summed E-state index contributed by atoms with van der Waals surface area (Å²) in [4.78, 5) is 11.8. The van der Waals surface area contributed by atoms with Crippen LogP contribution in [0.5, 0.6) is 0 Å². The van der Waals surface area contributed by atoms with E-state index < -0.39 is 5.79 Å². The van der Waals surface area contributed by atoms with E-state index in [1.807, 2.05) is 11.8 Å². The predicted molar refractivity (Wildman–Crippen MR) is 61.4 cm³/mol. The van der Waals surface area contributed by atoms with Gasteiger partial charge in [0, 0.05) is 18.6 Å². The van der Waals surface area contributed by atoms with Gasteiger partial charge in [0.25, 0.3) is 0 Å². The topological polar surface area (TPSA) is 35.5 Å². The smallest absolute Gasteiger partial charge is 0.182 e. The van der Waals surface area contributed by atoms with Crippen molar-refractivity contribution < 1.29 is 14.3 Å². The number of fused-ring (bicyclic) bond motifs is 2. The monoisotopic (exact) mass is 246 g/mol. The van der Waals surface area contributed by atoms with Gasteiger partial charge in [0.2, 0.25) is 0 Å². The molecule has 3 aliphatic heterocycles. The number of carbonyl (C=O) groups excluding carboxylic acids is 1. The van der Waals surface area contributed by atoms with Crippen molar-refractivity contribution in [2.75, 3.05) is 24.7 Å². The maximum Gasteiger partial charge on any atom is 0.182 e. The molecule has 3 saturated heterocycles. The molecule has 0 aromatic carbocycles. The van der Waals surface area contributed by atoms with Crippen LogP contribution in [0.2, 0.25) is 0 Å². The summed E-state index contributed by atoms with van der Waals surface area (Å²) in [6.45, 7) is 1.37. The molecule has 0 N–H and O–H groups in total. The van der Waals surface area contributed by atoms with E-state index in [-0.39, 0.29) is 10.5 Å². The van der Waals surface area contributed by atoms with Gasteiger partial charge in [0.1, 0.15) is 5.78 Å². The van der Waals surface area contributed by atoms with Crippen LogP contribution in [-0.4, -0.2) is 46.8 Å². The largest absolute Gasteiger partial charge is 0.346 e. The average molecular weight is 246 g/mol. The number of Topliss-reactive ketones (excluding diaryl/α,β-unsaturated/α-hetero) is 1.